The molecule has 5 aromatic rings. The minimum atomic E-state index is -0.642. The maximum Gasteiger partial charge on any atom is 0.332 e. The highest BCUT2D eigenvalue weighted by Crippen LogP contribution is 2.38. The number of carbonyl (C=O) groups is 3. The zero-order valence-corrected chi connectivity index (χ0v) is 29.8. The van der Waals surface area contributed by atoms with Crippen molar-refractivity contribution < 1.29 is 33.3 Å². The number of fused-ring (bicyclic) bond motifs is 2. The molecule has 0 spiro atoms. The van der Waals surface area contributed by atoms with Crippen LogP contribution in [0.5, 0.6) is 29.0 Å². The maximum atomic E-state index is 13.4. The number of imide groups is 1. The lowest BCUT2D eigenvalue weighted by molar-refractivity contribution is -0.127. The first kappa shape index (κ1) is 34.7. The average Bonchev–Trinajstić information content (AvgIpc) is 3.80. The standard InChI is InChI=1S/C34H26Cl2N6O9S/c1-39-29-28(31(45)40(2)33(39)46)41(14-18-5-6-19(35)12-21(18)36)32(38-29)51-23-8-4-17(10-24(23)48-3)11-26-30(44)42(34(47)52-26)15-27(43)37-20-7-9-22-25(13-20)50-16-49-22/h4-13H,14-16H2,1-3H3,(H,37,43)/b26-11+. The van der Waals surface area contributed by atoms with Gasteiger partial charge in [-0.2, -0.15) is 4.98 Å². The van der Waals surface area contributed by atoms with Gasteiger partial charge in [0.25, 0.3) is 16.7 Å². The van der Waals surface area contributed by atoms with Crippen molar-refractivity contribution in [3.05, 3.63) is 102 Å². The van der Waals surface area contributed by atoms with Gasteiger partial charge >= 0.3 is 11.7 Å². The topological polar surface area (TPSA) is 165 Å². The fourth-order valence-corrected chi connectivity index (χ4v) is 6.84. The Morgan fingerprint density at radius 3 is 2.54 bits per heavy atom. The first-order valence-corrected chi connectivity index (χ1v) is 16.9. The van der Waals surface area contributed by atoms with Crippen LogP contribution in [0.25, 0.3) is 17.2 Å². The second-order valence-corrected chi connectivity index (χ2v) is 13.3. The molecule has 0 bridgehead atoms. The van der Waals surface area contributed by atoms with Crippen LogP contribution in [0, 0.1) is 0 Å². The summed E-state index contributed by atoms with van der Waals surface area (Å²) in [5, 5.41) is 2.82. The monoisotopic (exact) mass is 764 g/mol. The number of imidazole rings is 1. The van der Waals surface area contributed by atoms with Gasteiger partial charge in [-0.05, 0) is 65.4 Å². The van der Waals surface area contributed by atoms with Crippen LogP contribution in [-0.4, -0.2) is 61.1 Å². The number of anilines is 1. The number of amides is 3. The number of hydrogen-bond donors (Lipinski definition) is 1. The Morgan fingerprint density at radius 1 is 0.981 bits per heavy atom. The summed E-state index contributed by atoms with van der Waals surface area (Å²) in [7, 11) is 4.27. The Bertz CT molecular complexity index is 2490. The molecule has 18 heteroatoms. The number of carbonyl (C=O) groups excluding carboxylic acids is 3. The van der Waals surface area contributed by atoms with Gasteiger partial charge in [-0.3, -0.25) is 37.8 Å². The number of hydrogen-bond acceptors (Lipinski definition) is 11. The minimum absolute atomic E-state index is 0.0366. The quantitative estimate of drug-likeness (QED) is 0.201. The Morgan fingerprint density at radius 2 is 1.77 bits per heavy atom. The van der Waals surface area contributed by atoms with Crippen molar-refractivity contribution in [2.45, 2.75) is 6.54 Å². The summed E-state index contributed by atoms with van der Waals surface area (Å²) < 4.78 is 26.1. The highest BCUT2D eigenvalue weighted by atomic mass is 35.5. The van der Waals surface area contributed by atoms with Crippen LogP contribution >= 0.6 is 35.0 Å². The van der Waals surface area contributed by atoms with E-state index in [9.17, 15) is 24.0 Å². The molecule has 4 heterocycles. The molecule has 15 nitrogen and oxygen atoms in total. The van der Waals surface area contributed by atoms with Crippen molar-refractivity contribution in [2.75, 3.05) is 25.8 Å². The predicted molar refractivity (Wildman–Crippen MR) is 193 cm³/mol. The summed E-state index contributed by atoms with van der Waals surface area (Å²) in [6, 6.07) is 14.5. The third-order valence-electron chi connectivity index (χ3n) is 8.17. The lowest BCUT2D eigenvalue weighted by Crippen LogP contribution is -2.37. The number of ether oxygens (including phenoxy) is 4. The van der Waals surface area contributed by atoms with Crippen LogP contribution < -0.4 is 35.5 Å². The Kier molecular flexibility index (Phi) is 9.20. The Balaban J connectivity index is 1.14. The van der Waals surface area contributed by atoms with Gasteiger partial charge in [-0.25, -0.2) is 4.79 Å². The molecule has 7 rings (SSSR count). The first-order chi connectivity index (χ1) is 24.9. The van der Waals surface area contributed by atoms with E-state index in [0.29, 0.717) is 50.1 Å². The van der Waals surface area contributed by atoms with Crippen LogP contribution in [0.1, 0.15) is 11.1 Å². The Labute approximate surface area is 307 Å². The molecule has 2 aliphatic heterocycles. The van der Waals surface area contributed by atoms with Gasteiger partial charge in [0, 0.05) is 35.9 Å². The molecule has 3 amide bonds. The van der Waals surface area contributed by atoms with Gasteiger partial charge in [0.1, 0.15) is 6.54 Å². The van der Waals surface area contributed by atoms with Gasteiger partial charge in [0.15, 0.2) is 34.2 Å². The van der Waals surface area contributed by atoms with Crippen LogP contribution in [0.2, 0.25) is 10.0 Å². The Hall–Kier alpha value is -5.71. The smallest absolute Gasteiger partial charge is 0.332 e. The van der Waals surface area contributed by atoms with E-state index in [0.717, 1.165) is 9.47 Å². The number of benzene rings is 3. The molecule has 1 saturated heterocycles. The van der Waals surface area contributed by atoms with Crippen LogP contribution in [0.15, 0.2) is 69.1 Å². The molecule has 0 saturated carbocycles. The van der Waals surface area contributed by atoms with Crippen LogP contribution in [0.4, 0.5) is 10.5 Å². The molecule has 0 radical (unpaired) electrons. The van der Waals surface area contributed by atoms with Gasteiger partial charge in [0.2, 0.25) is 12.7 Å². The second kappa shape index (κ2) is 13.8. The largest absolute Gasteiger partial charge is 0.493 e. The van der Waals surface area contributed by atoms with Crippen LogP contribution in [-0.2, 0) is 30.2 Å². The SMILES string of the molecule is COc1cc(/C=C2/SC(=O)N(CC(=O)Nc3ccc4c(c3)OCO4)C2=O)ccc1Oc1nc2c(c(=O)n(C)c(=O)n2C)n1Cc1ccc(Cl)cc1Cl. The average molecular weight is 766 g/mol. The molecule has 266 valence electrons. The molecule has 0 unspecified atom stereocenters. The minimum Gasteiger partial charge on any atom is -0.493 e. The molecule has 1 N–H and O–H groups in total. The lowest BCUT2D eigenvalue weighted by Gasteiger charge is -2.14. The molecule has 2 aliphatic rings. The number of nitrogens with one attached hydrogen (secondary N) is 1. The van der Waals surface area contributed by atoms with E-state index >= 15 is 0 Å². The van der Waals surface area contributed by atoms with Crippen molar-refractivity contribution in [3.8, 4) is 29.0 Å². The predicted octanol–water partition coefficient (Wildman–Crippen LogP) is 4.99. The number of rotatable bonds is 9. The third-order valence-corrected chi connectivity index (χ3v) is 9.67. The third kappa shape index (κ3) is 6.47. The van der Waals surface area contributed by atoms with Crippen LogP contribution in [0.3, 0.4) is 0 Å². The van der Waals surface area contributed by atoms with Gasteiger partial charge in [-0.15, -0.1) is 0 Å². The summed E-state index contributed by atoms with van der Waals surface area (Å²) in [6.45, 7) is -0.379. The fraction of sp³-hybridized carbons (Fsp3) is 0.176. The summed E-state index contributed by atoms with van der Waals surface area (Å²) >= 11 is 13.3. The van der Waals surface area contributed by atoms with Gasteiger partial charge in [-0.1, -0.05) is 35.3 Å². The van der Waals surface area contributed by atoms with E-state index in [1.807, 2.05) is 0 Å². The molecule has 0 aliphatic carbocycles. The zero-order chi connectivity index (χ0) is 36.8. The number of methoxy groups -OCH3 is 1. The normalized spacial score (nSPS) is 14.5. The molecule has 2 aromatic heterocycles. The fourth-order valence-electron chi connectivity index (χ4n) is 5.53. The van der Waals surface area contributed by atoms with E-state index in [1.54, 1.807) is 54.6 Å². The molecule has 0 atom stereocenters. The van der Waals surface area contributed by atoms with E-state index in [-0.39, 0.29) is 46.9 Å². The lowest BCUT2D eigenvalue weighted by atomic mass is 10.2. The number of nitrogens with zero attached hydrogens (tertiary/aromatic N) is 5. The van der Waals surface area contributed by atoms with E-state index < -0.39 is 34.8 Å². The first-order valence-electron chi connectivity index (χ1n) is 15.3. The van der Waals surface area contributed by atoms with Gasteiger partial charge in [0.05, 0.1) is 18.6 Å². The summed E-state index contributed by atoms with van der Waals surface area (Å²) in [6.07, 6.45) is 1.49. The molecular weight excluding hydrogens is 739 g/mol. The van der Waals surface area contributed by atoms with Crippen molar-refractivity contribution in [1.29, 1.82) is 0 Å². The number of aryl methyl sites for hydroxylation is 1. The zero-order valence-electron chi connectivity index (χ0n) is 27.5. The van der Waals surface area contributed by atoms with E-state index in [2.05, 4.69) is 10.3 Å². The van der Waals surface area contributed by atoms with Gasteiger partial charge < -0.3 is 24.3 Å². The highest BCUT2D eigenvalue weighted by molar-refractivity contribution is 8.18. The summed E-state index contributed by atoms with van der Waals surface area (Å²) in [5.74, 6) is 0.210. The molecular formula is C34H26Cl2N6O9S. The summed E-state index contributed by atoms with van der Waals surface area (Å²) in [5.41, 5.74) is 0.528. The number of aromatic nitrogens is 4. The maximum absolute atomic E-state index is 13.4. The second-order valence-electron chi connectivity index (χ2n) is 11.5. The highest BCUT2D eigenvalue weighted by Gasteiger charge is 2.36. The number of halogens is 2. The van der Waals surface area contributed by atoms with Crippen molar-refractivity contribution >= 4 is 74.9 Å². The van der Waals surface area contributed by atoms with E-state index in [1.165, 1.54) is 36.4 Å². The summed E-state index contributed by atoms with van der Waals surface area (Å²) in [4.78, 5) is 70.3. The molecule has 52 heavy (non-hydrogen) atoms. The molecule has 3 aromatic carbocycles. The molecule has 1 fully saturated rings. The van der Waals surface area contributed by atoms with Crippen molar-refractivity contribution in [2.24, 2.45) is 14.1 Å². The van der Waals surface area contributed by atoms with E-state index in [4.69, 9.17) is 42.1 Å². The number of thioether (sulfide) groups is 1. The van der Waals surface area contributed by atoms with Crippen molar-refractivity contribution in [1.82, 2.24) is 23.6 Å². The van der Waals surface area contributed by atoms with Crippen molar-refractivity contribution in [3.63, 3.8) is 0 Å².